The molecule has 5 nitrogen and oxygen atoms in total. The normalized spacial score (nSPS) is 22.3. The highest BCUT2D eigenvalue weighted by Gasteiger charge is 2.31. The fraction of sp³-hybridized carbons (Fsp3) is 0.667. The minimum absolute atomic E-state index is 0.0104. The van der Waals surface area contributed by atoms with Crippen LogP contribution in [-0.2, 0) is 20.7 Å². The highest BCUT2D eigenvalue weighted by molar-refractivity contribution is 7.07. The number of aryl methyl sites for hydroxylation is 1. The van der Waals surface area contributed by atoms with Gasteiger partial charge in [-0.2, -0.15) is 0 Å². The van der Waals surface area contributed by atoms with E-state index in [0.29, 0.717) is 12.8 Å². The van der Waals surface area contributed by atoms with E-state index in [9.17, 15) is 9.59 Å². The molecule has 0 aromatic carbocycles. The third kappa shape index (κ3) is 4.81. The molecular weight excluding hydrogens is 288 g/mol. The zero-order valence-electron chi connectivity index (χ0n) is 12.3. The molecule has 1 heterocycles. The van der Waals surface area contributed by atoms with E-state index in [1.807, 2.05) is 5.38 Å². The second-order valence-corrected chi connectivity index (χ2v) is 6.14. The zero-order chi connectivity index (χ0) is 15.1. The SMILES string of the molecule is COC(=O)[C@H]1CCCCC[C@H]1NC(=O)CCc1cscn1. The molecule has 21 heavy (non-hydrogen) atoms. The quantitative estimate of drug-likeness (QED) is 0.669. The van der Waals surface area contributed by atoms with Gasteiger partial charge in [0.2, 0.25) is 5.91 Å². The van der Waals surface area contributed by atoms with Crippen LogP contribution in [0.3, 0.4) is 0 Å². The minimum Gasteiger partial charge on any atom is -0.469 e. The van der Waals surface area contributed by atoms with E-state index in [1.54, 1.807) is 5.51 Å². The smallest absolute Gasteiger partial charge is 0.310 e. The Morgan fingerprint density at radius 3 is 2.90 bits per heavy atom. The van der Waals surface area contributed by atoms with E-state index in [4.69, 9.17) is 4.74 Å². The van der Waals surface area contributed by atoms with E-state index in [0.717, 1.165) is 37.8 Å². The van der Waals surface area contributed by atoms with E-state index in [1.165, 1.54) is 18.4 Å². The molecule has 1 fully saturated rings. The van der Waals surface area contributed by atoms with Crippen LogP contribution in [0.1, 0.15) is 44.2 Å². The van der Waals surface area contributed by atoms with Gasteiger partial charge in [0.15, 0.2) is 0 Å². The summed E-state index contributed by atoms with van der Waals surface area (Å²) in [6.45, 7) is 0. The average Bonchev–Trinajstić information content (AvgIpc) is 2.91. The third-order valence-corrected chi connectivity index (χ3v) is 4.59. The van der Waals surface area contributed by atoms with Gasteiger partial charge in [-0.15, -0.1) is 11.3 Å². The second-order valence-electron chi connectivity index (χ2n) is 5.42. The number of esters is 1. The van der Waals surface area contributed by atoms with Crippen molar-refractivity contribution < 1.29 is 14.3 Å². The van der Waals surface area contributed by atoms with Crippen LogP contribution < -0.4 is 5.32 Å². The molecule has 0 radical (unpaired) electrons. The molecule has 0 bridgehead atoms. The fourth-order valence-electron chi connectivity index (χ4n) is 2.80. The van der Waals surface area contributed by atoms with Crippen molar-refractivity contribution in [1.82, 2.24) is 10.3 Å². The molecule has 0 saturated heterocycles. The molecule has 6 heteroatoms. The van der Waals surface area contributed by atoms with Gasteiger partial charge in [-0.3, -0.25) is 9.59 Å². The monoisotopic (exact) mass is 310 g/mol. The van der Waals surface area contributed by atoms with Gasteiger partial charge in [0.1, 0.15) is 0 Å². The average molecular weight is 310 g/mol. The van der Waals surface area contributed by atoms with Crippen LogP contribution in [0.15, 0.2) is 10.9 Å². The number of hydrogen-bond donors (Lipinski definition) is 1. The number of nitrogens with one attached hydrogen (secondary N) is 1. The molecule has 2 rings (SSSR count). The van der Waals surface area contributed by atoms with Gasteiger partial charge in [0.05, 0.1) is 24.2 Å². The lowest BCUT2D eigenvalue weighted by Gasteiger charge is -2.24. The summed E-state index contributed by atoms with van der Waals surface area (Å²) in [5, 5.41) is 4.98. The van der Waals surface area contributed by atoms with Gasteiger partial charge in [-0.1, -0.05) is 19.3 Å². The summed E-state index contributed by atoms with van der Waals surface area (Å²) in [4.78, 5) is 28.1. The van der Waals surface area contributed by atoms with Crippen LogP contribution >= 0.6 is 11.3 Å². The Bertz CT molecular complexity index is 461. The first-order chi connectivity index (χ1) is 10.2. The van der Waals surface area contributed by atoms with Crippen LogP contribution in [0.4, 0.5) is 0 Å². The van der Waals surface area contributed by atoms with Crippen molar-refractivity contribution in [2.24, 2.45) is 5.92 Å². The van der Waals surface area contributed by atoms with Crippen LogP contribution in [-0.4, -0.2) is 30.0 Å². The number of rotatable bonds is 5. The molecule has 1 amide bonds. The van der Waals surface area contributed by atoms with E-state index in [2.05, 4.69) is 10.3 Å². The van der Waals surface area contributed by atoms with E-state index >= 15 is 0 Å². The summed E-state index contributed by atoms with van der Waals surface area (Å²) >= 11 is 1.53. The van der Waals surface area contributed by atoms with Gasteiger partial charge in [0, 0.05) is 17.8 Å². The maximum absolute atomic E-state index is 12.1. The van der Waals surface area contributed by atoms with Crippen molar-refractivity contribution in [3.8, 4) is 0 Å². The highest BCUT2D eigenvalue weighted by Crippen LogP contribution is 2.24. The van der Waals surface area contributed by atoms with Crippen LogP contribution in [0.25, 0.3) is 0 Å². The number of ether oxygens (including phenoxy) is 1. The first-order valence-corrected chi connectivity index (χ1v) is 8.39. The van der Waals surface area contributed by atoms with E-state index in [-0.39, 0.29) is 23.8 Å². The minimum atomic E-state index is -0.208. The predicted molar refractivity (Wildman–Crippen MR) is 81.0 cm³/mol. The molecular formula is C15H22N2O3S. The topological polar surface area (TPSA) is 68.3 Å². The van der Waals surface area contributed by atoms with Crippen molar-refractivity contribution in [3.63, 3.8) is 0 Å². The van der Waals surface area contributed by atoms with E-state index < -0.39 is 0 Å². The molecule has 0 spiro atoms. The maximum atomic E-state index is 12.1. The van der Waals surface area contributed by atoms with Crippen molar-refractivity contribution in [2.75, 3.05) is 7.11 Å². The Balaban J connectivity index is 1.87. The largest absolute Gasteiger partial charge is 0.469 e. The first kappa shape index (κ1) is 15.9. The van der Waals surface area contributed by atoms with Crippen molar-refractivity contribution >= 4 is 23.2 Å². The van der Waals surface area contributed by atoms with Gasteiger partial charge in [0.25, 0.3) is 0 Å². The van der Waals surface area contributed by atoms with Gasteiger partial charge in [-0.05, 0) is 19.3 Å². The number of nitrogens with zero attached hydrogens (tertiary/aromatic N) is 1. The summed E-state index contributed by atoms with van der Waals surface area (Å²) in [5.41, 5.74) is 2.71. The Morgan fingerprint density at radius 1 is 1.38 bits per heavy atom. The summed E-state index contributed by atoms with van der Waals surface area (Å²) in [7, 11) is 1.41. The number of hydrogen-bond acceptors (Lipinski definition) is 5. The maximum Gasteiger partial charge on any atom is 0.310 e. The molecule has 0 unspecified atom stereocenters. The molecule has 1 aliphatic rings. The van der Waals surface area contributed by atoms with Crippen molar-refractivity contribution in [2.45, 2.75) is 51.0 Å². The highest BCUT2D eigenvalue weighted by atomic mass is 32.1. The van der Waals surface area contributed by atoms with Gasteiger partial charge in [-0.25, -0.2) is 4.98 Å². The Morgan fingerprint density at radius 2 is 2.19 bits per heavy atom. The van der Waals surface area contributed by atoms with Crippen molar-refractivity contribution in [3.05, 3.63) is 16.6 Å². The lowest BCUT2D eigenvalue weighted by Crippen LogP contribution is -2.43. The molecule has 2 atom stereocenters. The number of thiazole rings is 1. The predicted octanol–water partition coefficient (Wildman–Crippen LogP) is 2.31. The second kappa shape index (κ2) is 8.12. The third-order valence-electron chi connectivity index (χ3n) is 3.96. The molecule has 1 aromatic heterocycles. The Kier molecular flexibility index (Phi) is 6.17. The molecule has 1 saturated carbocycles. The number of carbonyl (C=O) groups is 2. The molecule has 1 aliphatic carbocycles. The lowest BCUT2D eigenvalue weighted by atomic mass is 9.94. The molecule has 116 valence electrons. The lowest BCUT2D eigenvalue weighted by molar-refractivity contribution is -0.147. The van der Waals surface area contributed by atoms with Crippen LogP contribution in [0, 0.1) is 5.92 Å². The van der Waals surface area contributed by atoms with Crippen LogP contribution in [0.5, 0.6) is 0 Å². The first-order valence-electron chi connectivity index (χ1n) is 7.45. The number of carbonyl (C=O) groups excluding carboxylic acids is 2. The summed E-state index contributed by atoms with van der Waals surface area (Å²) in [6, 6.07) is -0.0946. The van der Waals surface area contributed by atoms with Gasteiger partial charge >= 0.3 is 5.97 Å². The Labute approximate surface area is 129 Å². The van der Waals surface area contributed by atoms with Crippen molar-refractivity contribution in [1.29, 1.82) is 0 Å². The Hall–Kier alpha value is -1.43. The summed E-state index contributed by atoms with van der Waals surface area (Å²) < 4.78 is 4.88. The fourth-order valence-corrected chi connectivity index (χ4v) is 3.39. The molecule has 1 N–H and O–H groups in total. The number of aromatic nitrogens is 1. The van der Waals surface area contributed by atoms with Gasteiger partial charge < -0.3 is 10.1 Å². The standard InChI is InChI=1S/C15H22N2O3S/c1-20-15(19)12-5-3-2-4-6-13(12)17-14(18)8-7-11-9-21-10-16-11/h9-10,12-13H,2-8H2,1H3,(H,17,18)/t12-,13+/m0/s1. The zero-order valence-corrected chi connectivity index (χ0v) is 13.2. The number of methoxy groups -OCH3 is 1. The molecule has 1 aromatic rings. The molecule has 0 aliphatic heterocycles. The van der Waals surface area contributed by atoms with Crippen LogP contribution in [0.2, 0.25) is 0 Å². The summed E-state index contributed by atoms with van der Waals surface area (Å²) in [5.74, 6) is -0.425. The summed E-state index contributed by atoms with van der Waals surface area (Å²) in [6.07, 6.45) is 5.87. The number of amides is 1.